The second-order valence-corrected chi connectivity index (χ2v) is 36.0. The Balaban J connectivity index is 0.000000172. The molecule has 0 atom stereocenters. The summed E-state index contributed by atoms with van der Waals surface area (Å²) < 4.78 is 140. The maximum absolute atomic E-state index is 14.3. The summed E-state index contributed by atoms with van der Waals surface area (Å²) in [7, 11) is 0. The monoisotopic (exact) mass is 2010 g/mol. The first-order valence-corrected chi connectivity index (χ1v) is 48.5. The Hall–Kier alpha value is -13.7. The third-order valence-corrected chi connectivity index (χ3v) is 25.5. The van der Waals surface area contributed by atoms with E-state index in [1.54, 1.807) is 79.7 Å². The van der Waals surface area contributed by atoms with Crippen LogP contribution in [0.15, 0.2) is 253 Å². The number of ketones is 1. The van der Waals surface area contributed by atoms with Gasteiger partial charge in [0.2, 0.25) is 0 Å². The van der Waals surface area contributed by atoms with E-state index in [0.717, 1.165) is 94.2 Å². The van der Waals surface area contributed by atoms with Gasteiger partial charge in [-0.25, -0.2) is 35.1 Å². The van der Waals surface area contributed by atoms with Crippen LogP contribution in [0.2, 0.25) is 10.0 Å². The fourth-order valence-corrected chi connectivity index (χ4v) is 15.9. The van der Waals surface area contributed by atoms with Gasteiger partial charge >= 0.3 is 0 Å². The molecule has 0 radical (unpaired) electrons. The number of Topliss-reactive ketones (excluding diaryl/α,β-unsaturated/α-hetero) is 1. The summed E-state index contributed by atoms with van der Waals surface area (Å²) in [5.41, 5.74) is 16.8. The van der Waals surface area contributed by atoms with Gasteiger partial charge in [0.25, 0.3) is 35.4 Å². The minimum atomic E-state index is -0.635. The molecule has 20 nitrogen and oxygen atoms in total. The molecule has 1 spiro atoms. The summed E-state index contributed by atoms with van der Waals surface area (Å²) in [4.78, 5) is 82.7. The predicted molar refractivity (Wildman–Crippen MR) is 542 cm³/mol. The molecule has 6 aliphatic heterocycles. The van der Waals surface area contributed by atoms with Crippen molar-refractivity contribution in [3.8, 4) is 51.4 Å². The minimum Gasteiger partial charge on any atom is -0.489 e. The van der Waals surface area contributed by atoms with Gasteiger partial charge in [-0.05, 0) is 294 Å². The van der Waals surface area contributed by atoms with Crippen molar-refractivity contribution < 1.29 is 102 Å². The van der Waals surface area contributed by atoms with E-state index in [0.29, 0.717) is 240 Å². The molecule has 0 unspecified atom stereocenters. The Morgan fingerprint density at radius 2 is 0.790 bits per heavy atom. The summed E-state index contributed by atoms with van der Waals surface area (Å²) in [5.74, 6) is 2.51. The van der Waals surface area contributed by atoms with Crippen molar-refractivity contribution in [2.45, 2.75) is 176 Å². The molecule has 758 valence electrons. The minimum absolute atomic E-state index is 0.00145. The largest absolute Gasteiger partial charge is 0.489 e. The van der Waals surface area contributed by atoms with Crippen LogP contribution >= 0.6 is 23.2 Å². The number of nitrogens with one attached hydrogen (secondary N) is 6. The highest BCUT2D eigenvalue weighted by molar-refractivity contribution is 6.33. The van der Waals surface area contributed by atoms with Crippen molar-refractivity contribution in [2.75, 3.05) is 72.4 Å². The van der Waals surface area contributed by atoms with Gasteiger partial charge < -0.3 is 65.1 Å². The molecule has 6 heterocycles. The molecule has 0 saturated heterocycles. The highest BCUT2D eigenvalue weighted by Gasteiger charge is 2.47. The van der Waals surface area contributed by atoms with Gasteiger partial charge in [-0.1, -0.05) is 140 Å². The number of hydrogen-bond acceptors (Lipinski definition) is 14. The van der Waals surface area contributed by atoms with Crippen molar-refractivity contribution in [2.24, 2.45) is 0 Å². The fourth-order valence-electron chi connectivity index (χ4n) is 15.3. The molecule has 9 aromatic rings. The first kappa shape index (κ1) is 111. The van der Waals surface area contributed by atoms with E-state index in [4.69, 9.17) is 56.4 Å². The predicted octanol–water partition coefficient (Wildman–Crippen LogP) is 25.2. The molecule has 1 saturated carbocycles. The number of amides is 6. The van der Waals surface area contributed by atoms with E-state index in [9.17, 15) is 68.7 Å². The molecule has 6 amide bonds. The van der Waals surface area contributed by atoms with E-state index in [2.05, 4.69) is 45.7 Å². The molecule has 143 heavy (non-hydrogen) atoms. The Labute approximate surface area is 840 Å². The molecule has 0 aromatic heterocycles. The van der Waals surface area contributed by atoms with Gasteiger partial charge in [-0.2, -0.15) is 0 Å². The molecular weight excluding hydrogens is 1890 g/mol. The Bertz CT molecular complexity index is 6200. The topological polar surface area (TPSA) is 256 Å². The van der Waals surface area contributed by atoms with E-state index in [1.165, 1.54) is 18.2 Å². The number of benzene rings is 9. The van der Waals surface area contributed by atoms with E-state index >= 15 is 0 Å². The first-order valence-electron chi connectivity index (χ1n) is 47.8. The molecule has 7 aliphatic rings. The number of aryl methyl sites for hydroxylation is 1. The number of halogens is 10. The molecule has 30 heteroatoms. The van der Waals surface area contributed by atoms with Crippen LogP contribution < -0.4 is 65.1 Å². The van der Waals surface area contributed by atoms with Crippen molar-refractivity contribution in [1.82, 2.24) is 31.9 Å². The lowest BCUT2D eigenvalue weighted by molar-refractivity contribution is 0.0912. The standard InChI is InChI=1S/C25H22F2O2.C16H18FNO2.C16H20FNO2.C15H18FNO2.C14H15ClFNO2.C14H16FNO2.C13H13ClFNO2/c1-2-18(16-26)17-29-25-13-12-22(15-23(25)27)24(28)14-19-8-10-21(11-9-19)20-6-4-3-5-7-20;1-2-11(9-17)10-20-13-3-4-14-12(7-13)8-16(5-6-16)18-15(14)19;1-4-11(8-17)9-20-12-5-6-13-14(7-12)16(2,3)10-18-15(13)19;1-2-11(9-16)10-19-13-5-6-14-12(8-13)4-3-7-17-15(14)18;1-2-9(7-16)8-19-12-4-3-11-10(13(12)15)5-6-17-14(11)18;1-2-10(8-15)9-18-12-3-4-13-11(7-12)5-6-16-14(13)17;1-2-8(5-15)7-18-12-3-9-6-16-13(17)10(9)4-11(12)14/h3-13,15-16H,2,14,17H2,1H3;3-4,7,9H,2,5-6,8,10H2,1H3,(H,18,19);5-8H,4,9-10H2,1-3H3,(H,18,19);5-6,8-9H,2-4,7,10H2,1H3,(H,17,18);3-4,7H,2,5-6,8H2,1H3,(H,17,18);3-4,7-8H,2,5-6,9H2,1H3,(H,16,17);3-5H,2,6-7H2,1H3,(H,16,17). The van der Waals surface area contributed by atoms with Crippen molar-refractivity contribution in [3.63, 3.8) is 0 Å². The third-order valence-electron chi connectivity index (χ3n) is 24.8. The quantitative estimate of drug-likeness (QED) is 0.0169. The maximum atomic E-state index is 14.3. The van der Waals surface area contributed by atoms with Gasteiger partial charge in [0, 0.05) is 89.0 Å². The van der Waals surface area contributed by atoms with Crippen LogP contribution in [0.4, 0.5) is 35.1 Å². The number of carbonyl (C=O) groups excluding carboxylic acids is 7. The van der Waals surface area contributed by atoms with Gasteiger partial charge in [-0.15, -0.1) is 0 Å². The Morgan fingerprint density at radius 1 is 0.378 bits per heavy atom. The summed E-state index contributed by atoms with van der Waals surface area (Å²) in [6.45, 7) is 21.5. The van der Waals surface area contributed by atoms with Crippen LogP contribution in [-0.2, 0) is 44.1 Å². The molecule has 0 bridgehead atoms. The molecule has 6 N–H and O–H groups in total. The van der Waals surface area contributed by atoms with E-state index < -0.39 is 5.82 Å². The summed E-state index contributed by atoms with van der Waals surface area (Å²) in [5, 5.41) is 17.9. The lowest BCUT2D eigenvalue weighted by Crippen LogP contribution is -2.43. The normalized spacial score (nSPS) is 15.2. The van der Waals surface area contributed by atoms with Crippen LogP contribution in [-0.4, -0.2) is 119 Å². The second kappa shape index (κ2) is 55.6. The van der Waals surface area contributed by atoms with Crippen molar-refractivity contribution in [3.05, 3.63) is 347 Å². The van der Waals surface area contributed by atoms with Crippen molar-refractivity contribution in [1.29, 1.82) is 0 Å². The second-order valence-electron chi connectivity index (χ2n) is 35.2. The SMILES string of the molecule is CCC(=CF)COc1cc2c(cc1Cl)C(=O)NC2.CCC(=CF)COc1ccc(C(=O)Cc2ccc(-c3ccccc3)cc2)cc1F.CCC(=CF)COc1ccc2c(c1)C(C)(C)CNC2=O.CCC(=CF)COc1ccc2c(c1)CC1(CC1)NC2=O.CCC(=CF)COc1ccc2c(c1)CCCNC2=O.CCC(=CF)COc1ccc2c(c1)CCNC2=O.CCC(=CF)COc1ccc2c(c1Cl)CCNC2=O. The summed E-state index contributed by atoms with van der Waals surface area (Å²) in [6.07, 6.45) is 14.5. The Morgan fingerprint density at radius 3 is 1.29 bits per heavy atom. The lowest BCUT2D eigenvalue weighted by atomic mass is 9.79. The van der Waals surface area contributed by atoms with E-state index in [-0.39, 0.29) is 116 Å². The molecular formula is C113H122Cl2F8N6O14. The zero-order chi connectivity index (χ0) is 103. The lowest BCUT2D eigenvalue weighted by Gasteiger charge is -2.32. The van der Waals surface area contributed by atoms with Gasteiger partial charge in [0.05, 0.1) is 54.4 Å². The van der Waals surface area contributed by atoms with Gasteiger partial charge in [0.15, 0.2) is 17.3 Å². The molecule has 9 aromatic carbocycles. The summed E-state index contributed by atoms with van der Waals surface area (Å²) in [6, 6.07) is 50.2. The number of fused-ring (bicyclic) bond motifs is 6. The van der Waals surface area contributed by atoms with Gasteiger partial charge in [0.1, 0.15) is 80.7 Å². The smallest absolute Gasteiger partial charge is 0.252 e. The number of hydrogen-bond donors (Lipinski definition) is 6. The average molecular weight is 2010 g/mol. The van der Waals surface area contributed by atoms with Crippen LogP contribution in [0.25, 0.3) is 11.1 Å². The third kappa shape index (κ3) is 32.1. The van der Waals surface area contributed by atoms with Crippen LogP contribution in [0.1, 0.15) is 238 Å². The molecule has 1 fully saturated rings. The van der Waals surface area contributed by atoms with Crippen LogP contribution in [0.5, 0.6) is 40.2 Å². The fraction of sp³-hybridized carbons (Fsp3) is 0.336. The zero-order valence-electron chi connectivity index (χ0n) is 81.8. The zero-order valence-corrected chi connectivity index (χ0v) is 83.3. The number of carbonyl (C=O) groups is 7. The first-order chi connectivity index (χ1) is 69.0. The van der Waals surface area contributed by atoms with Crippen LogP contribution in [0.3, 0.4) is 0 Å². The average Bonchev–Trinajstić information content (AvgIpc) is 1.61. The highest BCUT2D eigenvalue weighted by atomic mass is 35.5. The van der Waals surface area contributed by atoms with E-state index in [1.807, 2.05) is 120 Å². The molecule has 1 aliphatic carbocycles. The number of ether oxygens (including phenoxy) is 7. The number of rotatable bonds is 32. The van der Waals surface area contributed by atoms with Crippen molar-refractivity contribution >= 4 is 64.4 Å². The molecule has 16 rings (SSSR count). The maximum Gasteiger partial charge on any atom is 0.252 e. The Kier molecular flexibility index (Phi) is 43.3. The van der Waals surface area contributed by atoms with Crippen LogP contribution in [0, 0.1) is 5.82 Å². The van der Waals surface area contributed by atoms with Gasteiger partial charge in [-0.3, -0.25) is 33.6 Å². The summed E-state index contributed by atoms with van der Waals surface area (Å²) >= 11 is 12.3. The highest BCUT2D eigenvalue weighted by Crippen LogP contribution is 2.43.